The maximum atomic E-state index is 13.1. The fraction of sp³-hybridized carbons (Fsp3) is 0.120. The monoisotopic (exact) mass is 528 g/mol. The number of anilines is 1. The molecule has 3 rings (SSSR count). The molecular formula is C25H19BrClFN2O3. The van der Waals surface area contributed by atoms with Gasteiger partial charge in [0.05, 0.1) is 11.6 Å². The Hall–Kier alpha value is -3.34. The summed E-state index contributed by atoms with van der Waals surface area (Å²) in [6, 6.07) is 18.0. The van der Waals surface area contributed by atoms with E-state index in [0.29, 0.717) is 29.4 Å². The second kappa shape index (κ2) is 11.5. The number of nitrogens with zero attached hydrogens (tertiary/aromatic N) is 1. The van der Waals surface area contributed by atoms with E-state index in [2.05, 4.69) is 21.2 Å². The Morgan fingerprint density at radius 1 is 1.15 bits per heavy atom. The minimum absolute atomic E-state index is 0.152. The third-order valence-electron chi connectivity index (χ3n) is 4.41. The van der Waals surface area contributed by atoms with Crippen molar-refractivity contribution in [2.45, 2.75) is 13.5 Å². The lowest BCUT2D eigenvalue weighted by Gasteiger charge is -2.15. The van der Waals surface area contributed by atoms with Gasteiger partial charge in [-0.1, -0.05) is 39.7 Å². The zero-order valence-corrected chi connectivity index (χ0v) is 19.9. The molecule has 1 amide bonds. The van der Waals surface area contributed by atoms with Gasteiger partial charge in [-0.25, -0.2) is 4.39 Å². The van der Waals surface area contributed by atoms with E-state index >= 15 is 0 Å². The van der Waals surface area contributed by atoms with Crippen molar-refractivity contribution < 1.29 is 18.7 Å². The maximum Gasteiger partial charge on any atom is 0.266 e. The fourth-order valence-corrected chi connectivity index (χ4v) is 3.40. The maximum absolute atomic E-state index is 13.1. The predicted octanol–water partition coefficient (Wildman–Crippen LogP) is 6.76. The average Bonchev–Trinajstić information content (AvgIpc) is 2.79. The van der Waals surface area contributed by atoms with Crippen LogP contribution in [-0.2, 0) is 11.4 Å². The van der Waals surface area contributed by atoms with E-state index in [0.717, 1.165) is 10.0 Å². The van der Waals surface area contributed by atoms with Crippen LogP contribution in [-0.4, -0.2) is 12.5 Å². The highest BCUT2D eigenvalue weighted by atomic mass is 79.9. The number of nitriles is 1. The molecule has 0 saturated carbocycles. The molecule has 5 nitrogen and oxygen atoms in total. The third-order valence-corrected chi connectivity index (χ3v) is 5.22. The Labute approximate surface area is 204 Å². The molecule has 0 saturated heterocycles. The van der Waals surface area contributed by atoms with E-state index in [-0.39, 0.29) is 17.2 Å². The molecule has 168 valence electrons. The normalized spacial score (nSPS) is 10.9. The standard InChI is InChI=1S/C25H19BrClFN2O3/c1-2-32-23-13-17(11-18(14-29)25(31)30-21-9-7-20(28)8-10-21)12-22(27)24(23)33-15-16-3-5-19(26)6-4-16/h3-13H,2,15H2,1H3,(H,30,31)/b18-11+. The number of carbonyl (C=O) groups excluding carboxylic acids is 1. The Balaban J connectivity index is 1.83. The quantitative estimate of drug-likeness (QED) is 0.258. The fourth-order valence-electron chi connectivity index (χ4n) is 2.86. The van der Waals surface area contributed by atoms with Crippen LogP contribution in [0, 0.1) is 17.1 Å². The molecule has 0 bridgehead atoms. The Morgan fingerprint density at radius 3 is 2.48 bits per heavy atom. The van der Waals surface area contributed by atoms with Gasteiger partial charge in [0.25, 0.3) is 5.91 Å². The second-order valence-electron chi connectivity index (χ2n) is 6.81. The van der Waals surface area contributed by atoms with Gasteiger partial charge < -0.3 is 14.8 Å². The number of carbonyl (C=O) groups is 1. The van der Waals surface area contributed by atoms with Gasteiger partial charge in [0.15, 0.2) is 11.5 Å². The lowest BCUT2D eigenvalue weighted by atomic mass is 10.1. The minimum atomic E-state index is -0.631. The minimum Gasteiger partial charge on any atom is -0.490 e. The molecule has 0 spiro atoms. The van der Waals surface area contributed by atoms with Gasteiger partial charge in [0.2, 0.25) is 0 Å². The van der Waals surface area contributed by atoms with Crippen LogP contribution in [0.5, 0.6) is 11.5 Å². The molecule has 0 atom stereocenters. The molecule has 3 aromatic carbocycles. The summed E-state index contributed by atoms with van der Waals surface area (Å²) in [5.41, 5.74) is 1.66. The molecule has 0 heterocycles. The van der Waals surface area contributed by atoms with Gasteiger partial charge in [-0.3, -0.25) is 4.79 Å². The van der Waals surface area contributed by atoms with E-state index in [1.54, 1.807) is 12.1 Å². The van der Waals surface area contributed by atoms with Crippen LogP contribution in [0.4, 0.5) is 10.1 Å². The van der Waals surface area contributed by atoms with E-state index < -0.39 is 11.7 Å². The summed E-state index contributed by atoms with van der Waals surface area (Å²) < 4.78 is 25.6. The van der Waals surface area contributed by atoms with E-state index in [9.17, 15) is 14.4 Å². The summed E-state index contributed by atoms with van der Waals surface area (Å²) in [7, 11) is 0. The summed E-state index contributed by atoms with van der Waals surface area (Å²) in [6.45, 7) is 2.48. The van der Waals surface area contributed by atoms with Crippen LogP contribution in [0.2, 0.25) is 5.02 Å². The molecule has 0 aliphatic heterocycles. The van der Waals surface area contributed by atoms with Crippen molar-refractivity contribution in [1.82, 2.24) is 0 Å². The summed E-state index contributed by atoms with van der Waals surface area (Å²) >= 11 is 9.85. The first-order valence-corrected chi connectivity index (χ1v) is 11.1. The Morgan fingerprint density at radius 2 is 1.85 bits per heavy atom. The van der Waals surface area contributed by atoms with Crippen molar-refractivity contribution in [1.29, 1.82) is 5.26 Å². The van der Waals surface area contributed by atoms with E-state index in [1.165, 1.54) is 30.3 Å². The van der Waals surface area contributed by atoms with Gasteiger partial charge >= 0.3 is 0 Å². The van der Waals surface area contributed by atoms with Gasteiger partial charge in [0, 0.05) is 10.2 Å². The topological polar surface area (TPSA) is 71.3 Å². The van der Waals surface area contributed by atoms with Crippen molar-refractivity contribution in [3.63, 3.8) is 0 Å². The van der Waals surface area contributed by atoms with Crippen LogP contribution in [0.15, 0.2) is 70.7 Å². The SMILES string of the molecule is CCOc1cc(/C=C(\C#N)C(=O)Nc2ccc(F)cc2)cc(Cl)c1OCc1ccc(Br)cc1. The summed E-state index contributed by atoms with van der Waals surface area (Å²) in [5.74, 6) is -0.296. The molecule has 0 aliphatic carbocycles. The molecule has 0 unspecified atom stereocenters. The van der Waals surface area contributed by atoms with Crippen LogP contribution in [0.3, 0.4) is 0 Å². The largest absolute Gasteiger partial charge is 0.490 e. The predicted molar refractivity (Wildman–Crippen MR) is 130 cm³/mol. The second-order valence-corrected chi connectivity index (χ2v) is 8.13. The Kier molecular flexibility index (Phi) is 8.47. The molecule has 3 aromatic rings. The first-order valence-electron chi connectivity index (χ1n) is 9.92. The van der Waals surface area contributed by atoms with Crippen molar-refractivity contribution in [2.24, 2.45) is 0 Å². The summed E-state index contributed by atoms with van der Waals surface area (Å²) in [4.78, 5) is 12.5. The highest BCUT2D eigenvalue weighted by Crippen LogP contribution is 2.38. The molecule has 1 N–H and O–H groups in total. The molecule has 0 aromatic heterocycles. The molecule has 33 heavy (non-hydrogen) atoms. The molecular weight excluding hydrogens is 511 g/mol. The van der Waals surface area contributed by atoms with Crippen LogP contribution in [0.1, 0.15) is 18.1 Å². The highest BCUT2D eigenvalue weighted by molar-refractivity contribution is 9.10. The summed E-state index contributed by atoms with van der Waals surface area (Å²) in [5, 5.41) is 12.3. The number of amides is 1. The lowest BCUT2D eigenvalue weighted by molar-refractivity contribution is -0.112. The van der Waals surface area contributed by atoms with Gasteiger partial charge in [-0.05, 0) is 72.7 Å². The number of hydrogen-bond donors (Lipinski definition) is 1. The van der Waals surface area contributed by atoms with Gasteiger partial charge in [0.1, 0.15) is 24.1 Å². The zero-order valence-electron chi connectivity index (χ0n) is 17.6. The van der Waals surface area contributed by atoms with Crippen LogP contribution in [0.25, 0.3) is 6.08 Å². The first-order chi connectivity index (χ1) is 15.9. The third kappa shape index (κ3) is 6.82. The number of ether oxygens (including phenoxy) is 2. The number of hydrogen-bond acceptors (Lipinski definition) is 4. The van der Waals surface area contributed by atoms with Gasteiger partial charge in [-0.2, -0.15) is 5.26 Å². The first kappa shape index (κ1) is 24.3. The highest BCUT2D eigenvalue weighted by Gasteiger charge is 2.15. The number of benzene rings is 3. The number of nitrogens with one attached hydrogen (secondary N) is 1. The Bertz CT molecular complexity index is 1210. The van der Waals surface area contributed by atoms with Crippen LogP contribution >= 0.6 is 27.5 Å². The summed E-state index contributed by atoms with van der Waals surface area (Å²) in [6.07, 6.45) is 1.39. The lowest BCUT2D eigenvalue weighted by Crippen LogP contribution is -2.13. The van der Waals surface area contributed by atoms with Crippen molar-refractivity contribution >= 4 is 45.2 Å². The van der Waals surface area contributed by atoms with Gasteiger partial charge in [-0.15, -0.1) is 0 Å². The number of rotatable bonds is 8. The van der Waals surface area contributed by atoms with Crippen molar-refractivity contribution in [3.8, 4) is 17.6 Å². The molecule has 8 heteroatoms. The smallest absolute Gasteiger partial charge is 0.266 e. The molecule has 0 aliphatic rings. The van der Waals surface area contributed by atoms with E-state index in [4.69, 9.17) is 21.1 Å². The molecule has 0 radical (unpaired) electrons. The van der Waals surface area contributed by atoms with Crippen molar-refractivity contribution in [2.75, 3.05) is 11.9 Å². The van der Waals surface area contributed by atoms with Crippen LogP contribution < -0.4 is 14.8 Å². The van der Waals surface area contributed by atoms with E-state index in [1.807, 2.05) is 37.3 Å². The zero-order chi connectivity index (χ0) is 23.8. The number of halogens is 3. The molecule has 0 fully saturated rings. The average molecular weight is 530 g/mol. The van der Waals surface area contributed by atoms with Crippen molar-refractivity contribution in [3.05, 3.63) is 92.7 Å².